The number of aromatic nitrogens is 1. The lowest BCUT2D eigenvalue weighted by Crippen LogP contribution is -2.05. The van der Waals surface area contributed by atoms with Gasteiger partial charge in [-0.15, -0.1) is 0 Å². The van der Waals surface area contributed by atoms with Crippen LogP contribution in [0.4, 0.5) is 11.4 Å². The second kappa shape index (κ2) is 11.0. The van der Waals surface area contributed by atoms with Crippen LogP contribution < -0.4 is 0 Å². The summed E-state index contributed by atoms with van der Waals surface area (Å²) in [6, 6.07) is 19.2. The minimum absolute atomic E-state index is 0.885. The Balaban J connectivity index is 1.93. The van der Waals surface area contributed by atoms with Crippen LogP contribution in [0.25, 0.3) is 0 Å². The molecule has 0 aliphatic heterocycles. The summed E-state index contributed by atoms with van der Waals surface area (Å²) < 4.78 is 0. The third kappa shape index (κ3) is 5.59. The summed E-state index contributed by atoms with van der Waals surface area (Å²) >= 11 is 0. The van der Waals surface area contributed by atoms with Crippen molar-refractivity contribution in [3.63, 3.8) is 0 Å². The van der Waals surface area contributed by atoms with Gasteiger partial charge in [0.15, 0.2) is 0 Å². The molecule has 3 aromatic rings. The van der Waals surface area contributed by atoms with Gasteiger partial charge in [0, 0.05) is 0 Å². The Labute approximate surface area is 193 Å². The predicted octanol–water partition coefficient (Wildman–Crippen LogP) is 7.61. The van der Waals surface area contributed by atoms with Gasteiger partial charge in [-0.05, 0) is 86.1 Å². The molecular weight excluding hydrogens is 390 g/mol. The van der Waals surface area contributed by atoms with E-state index in [-0.39, 0.29) is 0 Å². The van der Waals surface area contributed by atoms with Crippen LogP contribution >= 0.6 is 0 Å². The molecule has 3 heteroatoms. The Morgan fingerprint density at radius 3 is 1.44 bits per heavy atom. The molecule has 0 atom stereocenters. The molecule has 2 aromatic carbocycles. The number of hydrogen-bond donors (Lipinski definition) is 0. The van der Waals surface area contributed by atoms with Crippen molar-refractivity contribution < 1.29 is 0 Å². The topological polar surface area (TPSA) is 37.6 Å². The first-order valence-electron chi connectivity index (χ1n) is 11.8. The summed E-state index contributed by atoms with van der Waals surface area (Å²) in [4.78, 5) is 14.7. The molecule has 1 heterocycles. The van der Waals surface area contributed by atoms with Gasteiger partial charge in [-0.2, -0.15) is 0 Å². The van der Waals surface area contributed by atoms with Gasteiger partial charge in [-0.3, -0.25) is 9.98 Å². The van der Waals surface area contributed by atoms with Crippen LogP contribution in [-0.4, -0.2) is 16.4 Å². The van der Waals surface area contributed by atoms with E-state index in [2.05, 4.69) is 64.1 Å². The van der Waals surface area contributed by atoms with Crippen molar-refractivity contribution in [2.24, 2.45) is 9.98 Å². The van der Waals surface area contributed by atoms with Crippen molar-refractivity contribution in [1.29, 1.82) is 0 Å². The largest absolute Gasteiger partial charge is 0.251 e. The zero-order valence-electron chi connectivity index (χ0n) is 20.4. The Bertz CT molecular complexity index is 1050. The molecule has 0 unspecified atom stereocenters. The van der Waals surface area contributed by atoms with E-state index in [1.807, 2.05) is 32.0 Å². The Kier molecular flexibility index (Phi) is 8.10. The third-order valence-corrected chi connectivity index (χ3v) is 5.93. The first-order valence-corrected chi connectivity index (χ1v) is 11.8. The van der Waals surface area contributed by atoms with Gasteiger partial charge in [-0.1, -0.05) is 58.0 Å². The average molecular weight is 426 g/mol. The average Bonchev–Trinajstić information content (AvgIpc) is 2.84. The van der Waals surface area contributed by atoms with Crippen molar-refractivity contribution in [3.8, 4) is 0 Å². The van der Waals surface area contributed by atoms with Crippen molar-refractivity contribution in [3.05, 3.63) is 88.2 Å². The molecule has 0 N–H and O–H groups in total. The molecular formula is C29H35N3. The molecule has 166 valence electrons. The zero-order chi connectivity index (χ0) is 23.1. The van der Waals surface area contributed by atoms with Crippen LogP contribution in [-0.2, 0) is 25.7 Å². The van der Waals surface area contributed by atoms with Gasteiger partial charge in [0.1, 0.15) is 0 Å². The Morgan fingerprint density at radius 2 is 1.06 bits per heavy atom. The van der Waals surface area contributed by atoms with E-state index < -0.39 is 0 Å². The molecule has 1 aromatic heterocycles. The number of nitrogens with zero attached hydrogens (tertiary/aromatic N) is 3. The van der Waals surface area contributed by atoms with E-state index in [1.54, 1.807) is 0 Å². The van der Waals surface area contributed by atoms with Crippen molar-refractivity contribution in [2.45, 2.75) is 67.2 Å². The Morgan fingerprint density at radius 1 is 0.625 bits per heavy atom. The van der Waals surface area contributed by atoms with Crippen LogP contribution in [0.1, 0.15) is 75.2 Å². The first-order chi connectivity index (χ1) is 15.5. The molecule has 3 rings (SSSR count). The highest BCUT2D eigenvalue weighted by Crippen LogP contribution is 2.24. The second-order valence-corrected chi connectivity index (χ2v) is 8.14. The maximum atomic E-state index is 4.92. The molecule has 0 amide bonds. The summed E-state index contributed by atoms with van der Waals surface area (Å²) in [6.07, 6.45) is 4.02. The fourth-order valence-electron chi connectivity index (χ4n) is 3.82. The van der Waals surface area contributed by atoms with Gasteiger partial charge in [0.05, 0.1) is 34.2 Å². The van der Waals surface area contributed by atoms with E-state index in [9.17, 15) is 0 Å². The third-order valence-electron chi connectivity index (χ3n) is 5.93. The lowest BCUT2D eigenvalue weighted by molar-refractivity contribution is 1.08. The first kappa shape index (κ1) is 23.6. The minimum atomic E-state index is 0.885. The van der Waals surface area contributed by atoms with Crippen LogP contribution in [0, 0.1) is 0 Å². The van der Waals surface area contributed by atoms with E-state index in [1.165, 1.54) is 22.3 Å². The van der Waals surface area contributed by atoms with Crippen LogP contribution in [0.3, 0.4) is 0 Å². The number of hydrogen-bond acceptors (Lipinski definition) is 3. The highest BCUT2D eigenvalue weighted by Gasteiger charge is 2.08. The maximum Gasteiger partial charge on any atom is 0.0849 e. The molecule has 32 heavy (non-hydrogen) atoms. The summed E-state index contributed by atoms with van der Waals surface area (Å²) in [5.74, 6) is 0. The SMILES string of the molecule is CCc1ccc(/N=C(\C)c2cccc(/C(C)=N/c3ccc(CC)cc3CC)n2)c(CC)c1. The Hall–Kier alpha value is -3.07. The molecule has 0 bridgehead atoms. The standard InChI is InChI=1S/C29H35N3/c1-7-22-14-16-28(24(9-3)18-22)30-20(5)26-12-11-13-27(32-26)21(6)31-29-17-15-23(8-2)19-25(29)10-4/h11-19H,7-10H2,1-6H3/b30-20+,31-21+. The summed E-state index contributed by atoms with van der Waals surface area (Å²) in [5, 5.41) is 0. The quantitative estimate of drug-likeness (QED) is 0.342. The van der Waals surface area contributed by atoms with E-state index in [0.29, 0.717) is 0 Å². The number of rotatable bonds is 8. The van der Waals surface area contributed by atoms with Gasteiger partial charge < -0.3 is 0 Å². The molecule has 0 fully saturated rings. The monoisotopic (exact) mass is 425 g/mol. The summed E-state index contributed by atoms with van der Waals surface area (Å²) in [7, 11) is 0. The van der Waals surface area contributed by atoms with Gasteiger partial charge in [0.25, 0.3) is 0 Å². The molecule has 0 radical (unpaired) electrons. The molecule has 3 nitrogen and oxygen atoms in total. The smallest absolute Gasteiger partial charge is 0.0849 e. The number of benzene rings is 2. The fourth-order valence-corrected chi connectivity index (χ4v) is 3.82. The lowest BCUT2D eigenvalue weighted by Gasteiger charge is -2.09. The number of aliphatic imine (C=N–C) groups is 2. The lowest BCUT2D eigenvalue weighted by atomic mass is 10.0. The normalized spacial score (nSPS) is 12.3. The van der Waals surface area contributed by atoms with Crippen molar-refractivity contribution >= 4 is 22.8 Å². The molecule has 0 aliphatic rings. The van der Waals surface area contributed by atoms with E-state index >= 15 is 0 Å². The van der Waals surface area contributed by atoms with Gasteiger partial charge in [-0.25, -0.2) is 4.98 Å². The number of pyridine rings is 1. The zero-order valence-corrected chi connectivity index (χ0v) is 20.4. The van der Waals surface area contributed by atoms with Crippen LogP contribution in [0.2, 0.25) is 0 Å². The molecule has 0 aliphatic carbocycles. The van der Waals surface area contributed by atoms with E-state index in [0.717, 1.165) is 59.9 Å². The van der Waals surface area contributed by atoms with Crippen LogP contribution in [0.5, 0.6) is 0 Å². The number of aryl methyl sites for hydroxylation is 4. The highest BCUT2D eigenvalue weighted by atomic mass is 14.8. The highest BCUT2D eigenvalue weighted by molar-refractivity contribution is 6.02. The molecule has 0 saturated carbocycles. The summed E-state index contributed by atoms with van der Waals surface area (Å²) in [6.45, 7) is 12.8. The van der Waals surface area contributed by atoms with Crippen LogP contribution in [0.15, 0.2) is 64.6 Å². The minimum Gasteiger partial charge on any atom is -0.251 e. The maximum absolute atomic E-state index is 4.92. The summed E-state index contributed by atoms with van der Waals surface area (Å²) in [5.41, 5.74) is 10.9. The second-order valence-electron chi connectivity index (χ2n) is 8.14. The van der Waals surface area contributed by atoms with E-state index in [4.69, 9.17) is 15.0 Å². The van der Waals surface area contributed by atoms with Gasteiger partial charge in [0.2, 0.25) is 0 Å². The van der Waals surface area contributed by atoms with Crippen molar-refractivity contribution in [2.75, 3.05) is 0 Å². The fraction of sp³-hybridized carbons (Fsp3) is 0.345. The molecule has 0 spiro atoms. The van der Waals surface area contributed by atoms with Gasteiger partial charge >= 0.3 is 0 Å². The molecule has 0 saturated heterocycles. The van der Waals surface area contributed by atoms with Crippen molar-refractivity contribution in [1.82, 2.24) is 4.98 Å². The predicted molar refractivity (Wildman–Crippen MR) is 138 cm³/mol.